The van der Waals surface area contributed by atoms with Gasteiger partial charge in [-0.25, -0.2) is 4.98 Å². The molecule has 1 N–H and O–H groups in total. The van der Waals surface area contributed by atoms with E-state index < -0.39 is 0 Å². The van der Waals surface area contributed by atoms with Crippen molar-refractivity contribution in [2.45, 2.75) is 13.8 Å². The molecule has 5 heteroatoms. The number of hydrogen-bond donors (Lipinski definition) is 1. The monoisotopic (exact) mass is 294 g/mol. The molecule has 0 aliphatic rings. The zero-order valence-electron chi connectivity index (χ0n) is 9.45. The highest BCUT2D eigenvalue weighted by Crippen LogP contribution is 2.25. The Morgan fingerprint density at radius 3 is 2.53 bits per heavy atom. The summed E-state index contributed by atoms with van der Waals surface area (Å²) in [6.45, 7) is 3.97. The highest BCUT2D eigenvalue weighted by atomic mass is 79.9. The van der Waals surface area contributed by atoms with E-state index in [1.54, 1.807) is 0 Å². The minimum Gasteiger partial charge on any atom is -0.438 e. The van der Waals surface area contributed by atoms with Crippen molar-refractivity contribution in [3.63, 3.8) is 0 Å². The summed E-state index contributed by atoms with van der Waals surface area (Å²) >= 11 is 3.14. The number of ether oxygens (including phenoxy) is 1. The summed E-state index contributed by atoms with van der Waals surface area (Å²) in [5.74, 6) is 0.931. The van der Waals surface area contributed by atoms with Crippen molar-refractivity contribution in [1.82, 2.24) is 9.97 Å². The van der Waals surface area contributed by atoms with Gasteiger partial charge in [0.2, 0.25) is 5.88 Å². The number of aromatic amines is 1. The first-order valence-corrected chi connectivity index (χ1v) is 5.85. The first-order chi connectivity index (χ1) is 8.06. The molecule has 0 saturated heterocycles. The molecule has 88 valence electrons. The average Bonchev–Trinajstić information content (AvgIpc) is 2.23. The second-order valence-corrected chi connectivity index (χ2v) is 4.57. The first-order valence-electron chi connectivity index (χ1n) is 5.05. The van der Waals surface area contributed by atoms with Crippen LogP contribution in [0.25, 0.3) is 0 Å². The average molecular weight is 295 g/mol. The standard InChI is InChI=1S/C12H11BrN2O2/c1-7-3-8(2)5-9(4-7)17-12-10(13)11(16)14-6-15-12/h3-6H,1-2H3,(H,14,15,16). The van der Waals surface area contributed by atoms with Crippen LogP contribution in [0.15, 0.2) is 33.8 Å². The van der Waals surface area contributed by atoms with E-state index in [2.05, 4.69) is 25.9 Å². The molecule has 1 aromatic heterocycles. The molecule has 17 heavy (non-hydrogen) atoms. The van der Waals surface area contributed by atoms with Crippen LogP contribution in [0, 0.1) is 13.8 Å². The van der Waals surface area contributed by atoms with Crippen molar-refractivity contribution in [3.8, 4) is 11.6 Å². The number of benzene rings is 1. The van der Waals surface area contributed by atoms with E-state index in [4.69, 9.17) is 4.74 Å². The fourth-order valence-electron chi connectivity index (χ4n) is 1.54. The molecule has 0 aliphatic carbocycles. The fraction of sp³-hybridized carbons (Fsp3) is 0.167. The van der Waals surface area contributed by atoms with Gasteiger partial charge in [-0.3, -0.25) is 4.79 Å². The third kappa shape index (κ3) is 2.74. The second-order valence-electron chi connectivity index (χ2n) is 3.78. The third-order valence-electron chi connectivity index (χ3n) is 2.17. The molecule has 0 saturated carbocycles. The number of aromatic nitrogens is 2. The van der Waals surface area contributed by atoms with Crippen LogP contribution in [-0.4, -0.2) is 9.97 Å². The third-order valence-corrected chi connectivity index (χ3v) is 2.87. The van der Waals surface area contributed by atoms with E-state index in [1.807, 2.05) is 32.0 Å². The normalized spacial score (nSPS) is 10.3. The molecule has 1 aromatic carbocycles. The van der Waals surface area contributed by atoms with Crippen LogP contribution in [-0.2, 0) is 0 Å². The van der Waals surface area contributed by atoms with Crippen LogP contribution < -0.4 is 10.3 Å². The van der Waals surface area contributed by atoms with Crippen molar-refractivity contribution in [2.75, 3.05) is 0 Å². The topological polar surface area (TPSA) is 55.0 Å². The van der Waals surface area contributed by atoms with Crippen molar-refractivity contribution in [1.29, 1.82) is 0 Å². The van der Waals surface area contributed by atoms with E-state index in [-0.39, 0.29) is 11.4 Å². The molecule has 0 radical (unpaired) electrons. The van der Waals surface area contributed by atoms with Crippen LogP contribution in [0.4, 0.5) is 0 Å². The van der Waals surface area contributed by atoms with E-state index in [9.17, 15) is 4.79 Å². The van der Waals surface area contributed by atoms with E-state index >= 15 is 0 Å². The molecular weight excluding hydrogens is 284 g/mol. The van der Waals surface area contributed by atoms with E-state index in [1.165, 1.54) is 6.33 Å². The van der Waals surface area contributed by atoms with Gasteiger partial charge in [0.15, 0.2) is 0 Å². The number of nitrogens with zero attached hydrogens (tertiary/aromatic N) is 1. The van der Waals surface area contributed by atoms with Crippen LogP contribution in [0.2, 0.25) is 0 Å². The summed E-state index contributed by atoms with van der Waals surface area (Å²) in [4.78, 5) is 17.8. The van der Waals surface area contributed by atoms with Crippen molar-refractivity contribution < 1.29 is 4.74 Å². The Kier molecular flexibility index (Phi) is 3.28. The number of aryl methyl sites for hydroxylation is 2. The van der Waals surface area contributed by atoms with Gasteiger partial charge in [0.05, 0.1) is 6.33 Å². The zero-order chi connectivity index (χ0) is 12.4. The van der Waals surface area contributed by atoms with Crippen LogP contribution in [0.3, 0.4) is 0 Å². The molecule has 0 aliphatic heterocycles. The van der Waals surface area contributed by atoms with Gasteiger partial charge in [-0.2, -0.15) is 0 Å². The summed E-state index contributed by atoms with van der Waals surface area (Å²) in [5, 5.41) is 0. The molecular formula is C12H11BrN2O2. The fourth-order valence-corrected chi connectivity index (χ4v) is 1.84. The van der Waals surface area contributed by atoms with Gasteiger partial charge >= 0.3 is 0 Å². The summed E-state index contributed by atoms with van der Waals surface area (Å²) in [7, 11) is 0. The highest BCUT2D eigenvalue weighted by molar-refractivity contribution is 9.10. The lowest BCUT2D eigenvalue weighted by atomic mass is 10.1. The Labute approximate surface area is 107 Å². The summed E-state index contributed by atoms with van der Waals surface area (Å²) in [5.41, 5.74) is 1.93. The molecule has 0 amide bonds. The second kappa shape index (κ2) is 4.71. The van der Waals surface area contributed by atoms with Crippen LogP contribution >= 0.6 is 15.9 Å². The minimum atomic E-state index is -0.264. The maximum atomic E-state index is 11.3. The Hall–Kier alpha value is -1.62. The predicted octanol–water partition coefficient (Wildman–Crippen LogP) is 2.94. The Bertz CT molecular complexity index is 587. The molecule has 2 aromatic rings. The Morgan fingerprint density at radius 2 is 1.88 bits per heavy atom. The summed E-state index contributed by atoms with van der Waals surface area (Å²) < 4.78 is 5.86. The number of H-pyrrole nitrogens is 1. The smallest absolute Gasteiger partial charge is 0.268 e. The quantitative estimate of drug-likeness (QED) is 0.926. The largest absolute Gasteiger partial charge is 0.438 e. The van der Waals surface area contributed by atoms with Gasteiger partial charge in [0.25, 0.3) is 5.56 Å². The molecule has 0 bridgehead atoms. The molecule has 0 fully saturated rings. The molecule has 0 unspecified atom stereocenters. The lowest BCUT2D eigenvalue weighted by Gasteiger charge is -2.07. The molecule has 0 spiro atoms. The molecule has 0 atom stereocenters. The van der Waals surface area contributed by atoms with Crippen LogP contribution in [0.5, 0.6) is 11.6 Å². The summed E-state index contributed by atoms with van der Waals surface area (Å²) in [6, 6.07) is 5.83. The molecule has 4 nitrogen and oxygen atoms in total. The zero-order valence-corrected chi connectivity index (χ0v) is 11.0. The van der Waals surface area contributed by atoms with Crippen LogP contribution in [0.1, 0.15) is 11.1 Å². The molecule has 2 rings (SSSR count). The predicted molar refractivity (Wildman–Crippen MR) is 68.5 cm³/mol. The van der Waals surface area contributed by atoms with Gasteiger partial charge in [0.1, 0.15) is 10.2 Å². The highest BCUT2D eigenvalue weighted by Gasteiger charge is 2.08. The van der Waals surface area contributed by atoms with Gasteiger partial charge < -0.3 is 9.72 Å². The lowest BCUT2D eigenvalue weighted by Crippen LogP contribution is -2.08. The maximum Gasteiger partial charge on any atom is 0.268 e. The number of nitrogens with one attached hydrogen (secondary N) is 1. The van der Waals surface area contributed by atoms with Crippen molar-refractivity contribution in [2.24, 2.45) is 0 Å². The van der Waals surface area contributed by atoms with Crippen molar-refractivity contribution >= 4 is 15.9 Å². The van der Waals surface area contributed by atoms with E-state index in [0.717, 1.165) is 11.1 Å². The van der Waals surface area contributed by atoms with Gasteiger partial charge in [0, 0.05) is 0 Å². The lowest BCUT2D eigenvalue weighted by molar-refractivity contribution is 0.456. The van der Waals surface area contributed by atoms with Gasteiger partial charge in [-0.05, 0) is 53.0 Å². The van der Waals surface area contributed by atoms with Gasteiger partial charge in [-0.1, -0.05) is 6.07 Å². The number of halogens is 1. The first kappa shape index (κ1) is 11.9. The summed E-state index contributed by atoms with van der Waals surface area (Å²) in [6.07, 6.45) is 1.31. The Morgan fingerprint density at radius 1 is 1.24 bits per heavy atom. The maximum absolute atomic E-state index is 11.3. The van der Waals surface area contributed by atoms with E-state index in [0.29, 0.717) is 10.2 Å². The van der Waals surface area contributed by atoms with Gasteiger partial charge in [-0.15, -0.1) is 0 Å². The number of hydrogen-bond acceptors (Lipinski definition) is 3. The number of rotatable bonds is 2. The molecule has 1 heterocycles. The van der Waals surface area contributed by atoms with Crippen molar-refractivity contribution in [3.05, 3.63) is 50.5 Å². The Balaban J connectivity index is 2.38. The minimum absolute atomic E-state index is 0.263. The SMILES string of the molecule is Cc1cc(C)cc(Oc2nc[nH]c(=O)c2Br)c1.